The molecule has 60 heavy (non-hydrogen) atoms. The molecule has 12 heteroatoms. The van der Waals surface area contributed by atoms with E-state index in [9.17, 15) is 19.8 Å². The first kappa shape index (κ1) is 40.3. The summed E-state index contributed by atoms with van der Waals surface area (Å²) in [7, 11) is 0. The van der Waals surface area contributed by atoms with Crippen molar-refractivity contribution in [3.8, 4) is 40.2 Å². The van der Waals surface area contributed by atoms with E-state index in [0.717, 1.165) is 38.9 Å². The Morgan fingerprint density at radius 2 is 1.55 bits per heavy atom. The number of rotatable bonds is 12. The Morgan fingerprint density at radius 3 is 2.25 bits per heavy atom. The number of ether oxygens (including phenoxy) is 3. The number of phenolic OH excluding ortho intramolecular Hbond substituents is 1. The van der Waals surface area contributed by atoms with Gasteiger partial charge in [-0.05, 0) is 100.0 Å². The van der Waals surface area contributed by atoms with Crippen LogP contribution in [-0.2, 0) is 42.1 Å². The molecule has 1 amide bonds. The maximum absolute atomic E-state index is 14.2. The lowest BCUT2D eigenvalue weighted by Gasteiger charge is -2.37. The SMILES string of the molecule is N#Cc1ccc(-c2ccc(CC(NC(=O)[C@@H]3Cc4cc5c(cc4CN3Cc3ccccc3O)O[C@@H](c3ccc(OCc4ccc(Cl)c(Cl)c4)cc3)CO5)C(=O)O)cc2)cc1. The average Bonchev–Trinajstić information content (AvgIpc) is 3.26. The van der Waals surface area contributed by atoms with Crippen LogP contribution in [0.1, 0.15) is 45.0 Å². The quantitative estimate of drug-likeness (QED) is 0.110. The van der Waals surface area contributed by atoms with Crippen LogP contribution in [0.25, 0.3) is 11.1 Å². The lowest BCUT2D eigenvalue weighted by molar-refractivity contribution is -0.142. The normalized spacial score (nSPS) is 16.2. The number of fused-ring (bicyclic) bond motifs is 2. The minimum Gasteiger partial charge on any atom is -0.508 e. The standard InChI is InChI=1S/C48H39Cl2N3O7/c49-39-18-9-31(19-40(39)50)27-58-38-16-14-34(15-17-38)46-28-59-44-22-36-21-42(53(26-37(36)23-45(44)60-46)25-35-3-1-2-4-43(35)54)47(55)52-41(48(56)57)20-29-5-10-32(11-6-29)33-12-7-30(24-51)8-13-33/h1-19,22-23,41-42,46,54H,20-21,25-28H2,(H,52,55)(H,56,57)/t41?,42-,46+/m0/s1. The van der Waals surface area contributed by atoms with Crippen LogP contribution < -0.4 is 19.5 Å². The molecule has 6 aromatic rings. The number of hydrogen-bond donors (Lipinski definition) is 3. The van der Waals surface area contributed by atoms with Gasteiger partial charge in [-0.1, -0.05) is 96.0 Å². The predicted octanol–water partition coefficient (Wildman–Crippen LogP) is 9.07. The van der Waals surface area contributed by atoms with Crippen molar-refractivity contribution >= 4 is 35.1 Å². The first-order valence-corrected chi connectivity index (χ1v) is 20.1. The van der Waals surface area contributed by atoms with E-state index in [4.69, 9.17) is 42.7 Å². The van der Waals surface area contributed by atoms with E-state index in [-0.39, 0.29) is 37.8 Å². The summed E-state index contributed by atoms with van der Waals surface area (Å²) in [5, 5.41) is 33.9. The number of carbonyl (C=O) groups excluding carboxylic acids is 1. The highest BCUT2D eigenvalue weighted by Crippen LogP contribution is 2.41. The maximum atomic E-state index is 14.2. The Kier molecular flexibility index (Phi) is 11.9. The molecule has 2 aliphatic rings. The molecule has 0 bridgehead atoms. The zero-order valence-electron chi connectivity index (χ0n) is 32.2. The van der Waals surface area contributed by atoms with E-state index in [1.807, 2.05) is 89.8 Å². The van der Waals surface area contributed by atoms with E-state index in [1.165, 1.54) is 0 Å². The third-order valence-corrected chi connectivity index (χ3v) is 11.6. The lowest BCUT2D eigenvalue weighted by Crippen LogP contribution is -2.54. The van der Waals surface area contributed by atoms with Gasteiger partial charge in [0.15, 0.2) is 17.6 Å². The number of nitrogens with zero attached hydrogens (tertiary/aromatic N) is 2. The fourth-order valence-corrected chi connectivity index (χ4v) is 7.83. The molecule has 8 rings (SSSR count). The number of aromatic hydroxyl groups is 1. The monoisotopic (exact) mass is 839 g/mol. The summed E-state index contributed by atoms with van der Waals surface area (Å²) >= 11 is 12.2. The van der Waals surface area contributed by atoms with E-state index >= 15 is 0 Å². The van der Waals surface area contributed by atoms with Crippen molar-refractivity contribution in [2.24, 2.45) is 0 Å². The molecule has 0 radical (unpaired) electrons. The molecule has 6 aromatic carbocycles. The molecule has 0 saturated heterocycles. The Hall–Kier alpha value is -6.51. The lowest BCUT2D eigenvalue weighted by atomic mass is 9.91. The van der Waals surface area contributed by atoms with Crippen LogP contribution in [0.4, 0.5) is 0 Å². The molecule has 3 N–H and O–H groups in total. The van der Waals surface area contributed by atoms with Crippen LogP contribution in [-0.4, -0.2) is 45.7 Å². The smallest absolute Gasteiger partial charge is 0.326 e. The first-order chi connectivity index (χ1) is 29.1. The molecular weight excluding hydrogens is 801 g/mol. The summed E-state index contributed by atoms with van der Waals surface area (Å²) < 4.78 is 18.7. The van der Waals surface area contributed by atoms with Crippen molar-refractivity contribution in [3.63, 3.8) is 0 Å². The minimum absolute atomic E-state index is 0.0752. The van der Waals surface area contributed by atoms with Crippen molar-refractivity contribution < 1.29 is 34.0 Å². The molecule has 1 unspecified atom stereocenters. The average molecular weight is 841 g/mol. The molecule has 2 heterocycles. The number of aliphatic carboxylic acids is 1. The van der Waals surface area contributed by atoms with Gasteiger partial charge in [0, 0.05) is 25.1 Å². The second-order valence-corrected chi connectivity index (χ2v) is 15.6. The van der Waals surface area contributed by atoms with Crippen molar-refractivity contribution in [2.45, 2.75) is 50.7 Å². The predicted molar refractivity (Wildman–Crippen MR) is 227 cm³/mol. The summed E-state index contributed by atoms with van der Waals surface area (Å²) in [5.74, 6) is 0.341. The fourth-order valence-electron chi connectivity index (χ4n) is 7.51. The van der Waals surface area contributed by atoms with E-state index < -0.39 is 24.0 Å². The summed E-state index contributed by atoms with van der Waals surface area (Å²) in [5.41, 5.74) is 7.42. The van der Waals surface area contributed by atoms with Gasteiger partial charge in [0.25, 0.3) is 0 Å². The number of phenols is 1. The highest BCUT2D eigenvalue weighted by atomic mass is 35.5. The minimum atomic E-state index is -1.19. The Morgan fingerprint density at radius 1 is 0.850 bits per heavy atom. The Labute approximate surface area is 357 Å². The number of nitrogens with one attached hydrogen (secondary N) is 1. The van der Waals surface area contributed by atoms with E-state index in [1.54, 1.807) is 42.5 Å². The molecule has 3 atom stereocenters. The Bertz CT molecular complexity index is 2580. The number of halogens is 2. The maximum Gasteiger partial charge on any atom is 0.326 e. The molecule has 0 saturated carbocycles. The van der Waals surface area contributed by atoms with E-state index in [0.29, 0.717) is 51.6 Å². The van der Waals surface area contributed by atoms with Crippen LogP contribution in [0.5, 0.6) is 23.0 Å². The molecule has 0 aliphatic carbocycles. The summed E-state index contributed by atoms with van der Waals surface area (Å²) in [6, 6.07) is 38.7. The van der Waals surface area contributed by atoms with Gasteiger partial charge in [-0.15, -0.1) is 0 Å². The second kappa shape index (κ2) is 17.8. The van der Waals surface area contributed by atoms with Crippen LogP contribution in [0.15, 0.2) is 127 Å². The number of benzene rings is 6. The number of para-hydroxylation sites is 1. The van der Waals surface area contributed by atoms with Crippen LogP contribution >= 0.6 is 23.2 Å². The van der Waals surface area contributed by atoms with Crippen molar-refractivity contribution in [1.82, 2.24) is 10.2 Å². The number of hydrogen-bond acceptors (Lipinski definition) is 8. The van der Waals surface area contributed by atoms with Crippen LogP contribution in [0, 0.1) is 11.3 Å². The van der Waals surface area contributed by atoms with Gasteiger partial charge in [0.1, 0.15) is 30.8 Å². The Balaban J connectivity index is 0.968. The van der Waals surface area contributed by atoms with E-state index in [2.05, 4.69) is 11.4 Å². The highest BCUT2D eigenvalue weighted by molar-refractivity contribution is 6.42. The van der Waals surface area contributed by atoms with Crippen LogP contribution in [0.2, 0.25) is 10.0 Å². The molecule has 0 fully saturated rings. The molecule has 0 aromatic heterocycles. The zero-order chi connectivity index (χ0) is 41.8. The van der Waals surface area contributed by atoms with Gasteiger partial charge in [-0.25, -0.2) is 4.79 Å². The number of carboxylic acids is 1. The van der Waals surface area contributed by atoms with Gasteiger partial charge in [-0.3, -0.25) is 9.69 Å². The number of amides is 1. The number of nitriles is 1. The molecule has 2 aliphatic heterocycles. The molecule has 0 spiro atoms. The van der Waals surface area contributed by atoms with Gasteiger partial charge in [-0.2, -0.15) is 5.26 Å². The first-order valence-electron chi connectivity index (χ1n) is 19.4. The van der Waals surface area contributed by atoms with Gasteiger partial charge in [0.2, 0.25) is 5.91 Å². The van der Waals surface area contributed by atoms with Crippen molar-refractivity contribution in [3.05, 3.63) is 176 Å². The number of carboxylic acid groups (broad SMARTS) is 1. The summed E-state index contributed by atoms with van der Waals surface area (Å²) in [6.45, 7) is 1.18. The highest BCUT2D eigenvalue weighted by Gasteiger charge is 2.36. The van der Waals surface area contributed by atoms with Gasteiger partial charge in [0.05, 0.1) is 27.7 Å². The van der Waals surface area contributed by atoms with Crippen molar-refractivity contribution in [1.29, 1.82) is 5.26 Å². The number of carbonyl (C=O) groups is 2. The zero-order valence-corrected chi connectivity index (χ0v) is 33.7. The van der Waals surface area contributed by atoms with Crippen molar-refractivity contribution in [2.75, 3.05) is 6.61 Å². The molecular formula is C48H39Cl2N3O7. The van der Waals surface area contributed by atoms with Gasteiger partial charge >= 0.3 is 5.97 Å². The molecule has 302 valence electrons. The summed E-state index contributed by atoms with van der Waals surface area (Å²) in [4.78, 5) is 28.7. The molecule has 10 nitrogen and oxygen atoms in total. The summed E-state index contributed by atoms with van der Waals surface area (Å²) in [6.07, 6.45) is -0.0185. The third kappa shape index (κ3) is 9.19. The fraction of sp³-hybridized carbons (Fsp3) is 0.188. The topological polar surface area (TPSA) is 141 Å². The van der Waals surface area contributed by atoms with Gasteiger partial charge < -0.3 is 29.7 Å². The second-order valence-electron chi connectivity index (χ2n) is 14.8. The third-order valence-electron chi connectivity index (χ3n) is 10.8. The largest absolute Gasteiger partial charge is 0.508 e. The van der Waals surface area contributed by atoms with Crippen LogP contribution in [0.3, 0.4) is 0 Å².